The number of hydrogen-bond acceptors (Lipinski definition) is 7. The third-order valence-electron chi connectivity index (χ3n) is 4.53. The second kappa shape index (κ2) is 15.9. The van der Waals surface area contributed by atoms with E-state index in [1.54, 1.807) is 32.4 Å². The lowest BCUT2D eigenvalue weighted by Gasteiger charge is -2.28. The van der Waals surface area contributed by atoms with E-state index in [1.165, 1.54) is 6.08 Å². The number of hydrogen-bond donors (Lipinski definition) is 0. The third kappa shape index (κ3) is 10.3. The van der Waals surface area contributed by atoms with Gasteiger partial charge in [0.25, 0.3) is 0 Å². The fourth-order valence-corrected chi connectivity index (χ4v) is 5.83. The first-order chi connectivity index (χ1) is 15.0. The molecule has 0 unspecified atom stereocenters. The van der Waals surface area contributed by atoms with Crippen LogP contribution in [0.15, 0.2) is 24.3 Å². The summed E-state index contributed by atoms with van der Waals surface area (Å²) in [6.07, 6.45) is 6.90. The van der Waals surface area contributed by atoms with Gasteiger partial charge in [-0.1, -0.05) is 18.9 Å². The number of benzene rings is 1. The second-order valence-corrected chi connectivity index (χ2v) is 9.49. The average Bonchev–Trinajstić information content (AvgIpc) is 2.77. The first-order valence-corrected chi connectivity index (χ1v) is 13.0. The van der Waals surface area contributed by atoms with Crippen molar-refractivity contribution in [3.63, 3.8) is 0 Å². The lowest BCUT2D eigenvalue weighted by molar-refractivity contribution is -0.137. The molecule has 31 heavy (non-hydrogen) atoms. The maximum Gasteiger partial charge on any atom is 0.500 e. The van der Waals surface area contributed by atoms with Gasteiger partial charge in [0, 0.05) is 31.9 Å². The van der Waals surface area contributed by atoms with Crippen LogP contribution in [0.1, 0.15) is 52.0 Å². The highest BCUT2D eigenvalue weighted by Gasteiger charge is 2.39. The van der Waals surface area contributed by atoms with Gasteiger partial charge >= 0.3 is 14.8 Å². The molecule has 0 spiro atoms. The predicted molar refractivity (Wildman–Crippen MR) is 123 cm³/mol. The van der Waals surface area contributed by atoms with Crippen LogP contribution in [0, 0.1) is 0 Å². The first kappa shape index (κ1) is 27.2. The largest absolute Gasteiger partial charge is 0.500 e. The minimum atomic E-state index is -2.55. The molecular formula is C23H38O7Si. The molecule has 1 rings (SSSR count). The van der Waals surface area contributed by atoms with Gasteiger partial charge < -0.3 is 27.5 Å². The van der Waals surface area contributed by atoms with E-state index >= 15 is 0 Å². The van der Waals surface area contributed by atoms with Gasteiger partial charge in [-0.05, 0) is 57.4 Å². The number of carbonyl (C=O) groups is 1. The number of carbonyl (C=O) groups excluding carboxylic acids is 1. The van der Waals surface area contributed by atoms with Crippen molar-refractivity contribution in [3.05, 3.63) is 29.8 Å². The highest BCUT2D eigenvalue weighted by Crippen LogP contribution is 2.28. The standard InChI is InChI=1S/C23H38O7Si/c1-6-28-31(29-7-2,30-8-3)18-12-10-9-11-17-27-23(24)16-14-20-13-15-21(25-4)22(19-20)26-5/h13-16,19H,6-12,17-18H2,1-5H3/b16-14+. The maximum atomic E-state index is 11.9. The summed E-state index contributed by atoms with van der Waals surface area (Å²) in [5.41, 5.74) is 0.833. The van der Waals surface area contributed by atoms with Crippen LogP contribution in [0.4, 0.5) is 0 Å². The molecular weight excluding hydrogens is 416 g/mol. The molecule has 0 atom stereocenters. The molecule has 0 aliphatic carbocycles. The summed E-state index contributed by atoms with van der Waals surface area (Å²) in [4.78, 5) is 11.9. The molecule has 0 saturated carbocycles. The van der Waals surface area contributed by atoms with Gasteiger partial charge in [0.05, 0.1) is 20.8 Å². The summed E-state index contributed by atoms with van der Waals surface area (Å²) in [7, 11) is 0.610. The number of methoxy groups -OCH3 is 2. The van der Waals surface area contributed by atoms with Gasteiger partial charge in [-0.2, -0.15) is 0 Å². The Kier molecular flexibility index (Phi) is 13.9. The van der Waals surface area contributed by atoms with Crippen molar-refractivity contribution >= 4 is 20.8 Å². The fourth-order valence-electron chi connectivity index (χ4n) is 3.14. The molecule has 0 aliphatic heterocycles. The minimum absolute atomic E-state index is 0.356. The Hall–Kier alpha value is -1.87. The quantitative estimate of drug-likeness (QED) is 0.144. The van der Waals surface area contributed by atoms with Crippen LogP contribution in [-0.4, -0.2) is 55.4 Å². The smallest absolute Gasteiger partial charge is 0.493 e. The Balaban J connectivity index is 2.30. The van der Waals surface area contributed by atoms with E-state index in [1.807, 2.05) is 26.8 Å². The van der Waals surface area contributed by atoms with E-state index in [-0.39, 0.29) is 5.97 Å². The van der Waals surface area contributed by atoms with Crippen LogP contribution in [0.25, 0.3) is 6.08 Å². The zero-order valence-corrected chi connectivity index (χ0v) is 20.6. The zero-order valence-electron chi connectivity index (χ0n) is 19.6. The molecule has 1 aromatic carbocycles. The molecule has 8 heteroatoms. The molecule has 176 valence electrons. The molecule has 0 saturated heterocycles. The van der Waals surface area contributed by atoms with Crippen molar-refractivity contribution in [2.45, 2.75) is 52.5 Å². The van der Waals surface area contributed by atoms with Gasteiger partial charge in [-0.15, -0.1) is 0 Å². The fraction of sp³-hybridized carbons (Fsp3) is 0.609. The van der Waals surface area contributed by atoms with Crippen LogP contribution >= 0.6 is 0 Å². The molecule has 0 aromatic heterocycles. The van der Waals surface area contributed by atoms with Gasteiger partial charge in [0.2, 0.25) is 0 Å². The summed E-state index contributed by atoms with van der Waals surface area (Å²) in [5.74, 6) is 0.902. The second-order valence-electron chi connectivity index (χ2n) is 6.76. The average molecular weight is 455 g/mol. The molecule has 0 aliphatic rings. The van der Waals surface area contributed by atoms with Gasteiger partial charge in [-0.25, -0.2) is 4.79 Å². The topological polar surface area (TPSA) is 72.5 Å². The molecule has 0 amide bonds. The molecule has 0 fully saturated rings. The van der Waals surface area contributed by atoms with Gasteiger partial charge in [-0.3, -0.25) is 0 Å². The van der Waals surface area contributed by atoms with E-state index in [4.69, 9.17) is 27.5 Å². The molecule has 7 nitrogen and oxygen atoms in total. The molecule has 0 N–H and O–H groups in total. The number of unbranched alkanes of at least 4 members (excludes halogenated alkanes) is 3. The van der Waals surface area contributed by atoms with E-state index in [0.717, 1.165) is 37.3 Å². The van der Waals surface area contributed by atoms with Crippen LogP contribution < -0.4 is 9.47 Å². The van der Waals surface area contributed by atoms with Crippen molar-refractivity contribution in [2.75, 3.05) is 40.6 Å². The minimum Gasteiger partial charge on any atom is -0.493 e. The Labute approximate surface area is 188 Å². The molecule has 0 radical (unpaired) electrons. The normalized spacial score (nSPS) is 11.6. The highest BCUT2D eigenvalue weighted by atomic mass is 28.4. The summed E-state index contributed by atoms with van der Waals surface area (Å²) in [6.45, 7) is 8.09. The van der Waals surface area contributed by atoms with Crippen LogP contribution in [0.2, 0.25) is 6.04 Å². The molecule has 0 bridgehead atoms. The zero-order chi connectivity index (χ0) is 23.0. The SMILES string of the molecule is CCO[Si](CCCCCCOC(=O)/C=C/c1ccc(OC)c(OC)c1)(OCC)OCC. The monoisotopic (exact) mass is 454 g/mol. The molecule has 0 heterocycles. The summed E-state index contributed by atoms with van der Waals surface area (Å²) in [6, 6.07) is 6.26. The number of rotatable bonds is 17. The van der Waals surface area contributed by atoms with Crippen LogP contribution in [-0.2, 0) is 22.8 Å². The van der Waals surface area contributed by atoms with Gasteiger partial charge in [0.1, 0.15) is 0 Å². The Morgan fingerprint density at radius 2 is 1.48 bits per heavy atom. The first-order valence-electron chi connectivity index (χ1n) is 11.0. The number of ether oxygens (including phenoxy) is 3. The Bertz CT molecular complexity index is 646. The van der Waals surface area contributed by atoms with Crippen LogP contribution in [0.3, 0.4) is 0 Å². The van der Waals surface area contributed by atoms with E-state index in [2.05, 4.69) is 0 Å². The summed E-state index contributed by atoms with van der Waals surface area (Å²) >= 11 is 0. The summed E-state index contributed by atoms with van der Waals surface area (Å²) in [5, 5.41) is 0. The third-order valence-corrected chi connectivity index (χ3v) is 7.69. The van der Waals surface area contributed by atoms with E-state index in [9.17, 15) is 4.79 Å². The predicted octanol–water partition coefficient (Wildman–Crippen LogP) is 4.87. The lowest BCUT2D eigenvalue weighted by atomic mass is 10.2. The van der Waals surface area contributed by atoms with Crippen molar-refractivity contribution < 1.29 is 32.3 Å². The van der Waals surface area contributed by atoms with Crippen LogP contribution in [0.5, 0.6) is 11.5 Å². The lowest BCUT2D eigenvalue weighted by Crippen LogP contribution is -2.45. The van der Waals surface area contributed by atoms with Gasteiger partial charge in [0.15, 0.2) is 11.5 Å². The Morgan fingerprint density at radius 1 is 0.871 bits per heavy atom. The van der Waals surface area contributed by atoms with Crippen molar-refractivity contribution in [1.82, 2.24) is 0 Å². The van der Waals surface area contributed by atoms with Crippen molar-refractivity contribution in [2.24, 2.45) is 0 Å². The van der Waals surface area contributed by atoms with E-state index < -0.39 is 8.80 Å². The Morgan fingerprint density at radius 3 is 2.06 bits per heavy atom. The summed E-state index contributed by atoms with van der Waals surface area (Å²) < 4.78 is 33.3. The van der Waals surface area contributed by atoms with Crippen molar-refractivity contribution in [3.8, 4) is 11.5 Å². The number of esters is 1. The maximum absolute atomic E-state index is 11.9. The highest BCUT2D eigenvalue weighted by molar-refractivity contribution is 6.60. The molecule has 1 aromatic rings. The van der Waals surface area contributed by atoms with E-state index in [0.29, 0.717) is 37.9 Å². The van der Waals surface area contributed by atoms with Crippen molar-refractivity contribution in [1.29, 1.82) is 0 Å².